The van der Waals surface area contributed by atoms with Crippen molar-refractivity contribution in [3.63, 3.8) is 0 Å². The zero-order valence-electron chi connectivity index (χ0n) is 20.6. The van der Waals surface area contributed by atoms with E-state index in [-0.39, 0.29) is 23.7 Å². The van der Waals surface area contributed by atoms with E-state index in [1.54, 1.807) is 0 Å². The number of rotatable bonds is 4. The van der Waals surface area contributed by atoms with Crippen molar-refractivity contribution >= 4 is 35.4 Å². The lowest BCUT2D eigenvalue weighted by Gasteiger charge is -2.10. The Hall–Kier alpha value is -4.44. The maximum Gasteiger partial charge on any atom is 0.242 e. The maximum absolute atomic E-state index is 11.1. The van der Waals surface area contributed by atoms with Crippen molar-refractivity contribution < 1.29 is 9.59 Å². The molecule has 0 saturated carbocycles. The Labute approximate surface area is 213 Å². The number of hydrogen-bond donors (Lipinski definition) is 0. The molecule has 4 rings (SSSR count). The second-order valence-corrected chi connectivity index (χ2v) is 8.19. The first-order valence-corrected chi connectivity index (χ1v) is 11.9. The average Bonchev–Trinajstić information content (AvgIpc) is 2.89. The van der Waals surface area contributed by atoms with Crippen LogP contribution in [0.1, 0.15) is 25.0 Å². The third-order valence-electron chi connectivity index (χ3n) is 5.24. The van der Waals surface area contributed by atoms with Crippen molar-refractivity contribution in [3.05, 3.63) is 133 Å². The highest BCUT2D eigenvalue weighted by molar-refractivity contribution is 6.07. The molecule has 0 aromatic heterocycles. The van der Waals surface area contributed by atoms with Gasteiger partial charge in [-0.3, -0.25) is 9.59 Å². The van der Waals surface area contributed by atoms with Gasteiger partial charge in [-0.1, -0.05) is 121 Å². The van der Waals surface area contributed by atoms with Gasteiger partial charge in [0.25, 0.3) is 0 Å². The average molecular weight is 475 g/mol. The van der Waals surface area contributed by atoms with Gasteiger partial charge in [-0.2, -0.15) is 0 Å². The minimum absolute atomic E-state index is 0.0686. The van der Waals surface area contributed by atoms with Gasteiger partial charge in [0.15, 0.2) is 0 Å². The second-order valence-electron chi connectivity index (χ2n) is 8.19. The van der Waals surface area contributed by atoms with Crippen molar-refractivity contribution in [2.75, 3.05) is 0 Å². The summed E-state index contributed by atoms with van der Waals surface area (Å²) >= 11 is 0. The quantitative estimate of drug-likeness (QED) is 0.486. The van der Waals surface area contributed by atoms with Gasteiger partial charge in [-0.15, -0.1) is 0 Å². The Morgan fingerprint density at radius 2 is 1.00 bits per heavy atom. The summed E-state index contributed by atoms with van der Waals surface area (Å²) in [6.07, 6.45) is 23.7. The predicted octanol–water partition coefficient (Wildman–Crippen LogP) is 6.86. The minimum Gasteiger partial charge on any atom is -0.273 e. The molecule has 2 aromatic carbocycles. The van der Waals surface area contributed by atoms with Crippen molar-refractivity contribution in [3.8, 4) is 0 Å². The molecule has 2 aliphatic carbocycles. The van der Waals surface area contributed by atoms with Crippen LogP contribution in [0.3, 0.4) is 0 Å². The van der Waals surface area contributed by atoms with Crippen LogP contribution in [0.2, 0.25) is 0 Å². The smallest absolute Gasteiger partial charge is 0.242 e. The second kappa shape index (κ2) is 14.1. The Morgan fingerprint density at radius 1 is 0.611 bits per heavy atom. The molecule has 0 N–H and O–H groups in total. The molecule has 180 valence electrons. The van der Waals surface area contributed by atoms with E-state index < -0.39 is 0 Å². The van der Waals surface area contributed by atoms with Crippen molar-refractivity contribution in [2.45, 2.75) is 13.8 Å². The van der Waals surface area contributed by atoms with E-state index in [4.69, 9.17) is 0 Å². The molecular formula is C32H30N2O2. The summed E-state index contributed by atoms with van der Waals surface area (Å²) < 4.78 is 0. The lowest BCUT2D eigenvalue weighted by atomic mass is 9.97. The lowest BCUT2D eigenvalue weighted by Crippen LogP contribution is -2.11. The van der Waals surface area contributed by atoms with E-state index in [0.29, 0.717) is 0 Å². The molecule has 2 atom stereocenters. The van der Waals surface area contributed by atoms with E-state index in [1.807, 2.05) is 121 Å². The fourth-order valence-electron chi connectivity index (χ4n) is 3.57. The van der Waals surface area contributed by atoms with Crippen LogP contribution in [0.25, 0.3) is 12.2 Å². The van der Waals surface area contributed by atoms with E-state index in [0.717, 1.165) is 22.6 Å². The molecule has 0 heterocycles. The number of carbonyl (C=O) groups is 2. The third-order valence-corrected chi connectivity index (χ3v) is 5.24. The zero-order chi connectivity index (χ0) is 25.6. The monoisotopic (exact) mass is 474 g/mol. The topological polar surface area (TPSA) is 58.9 Å². The van der Waals surface area contributed by atoms with E-state index in [9.17, 15) is 9.59 Å². The van der Waals surface area contributed by atoms with Crippen LogP contribution in [0.5, 0.6) is 0 Å². The van der Waals surface area contributed by atoms with Gasteiger partial charge in [0.1, 0.15) is 0 Å². The highest BCUT2D eigenvalue weighted by Crippen LogP contribution is 2.15. The number of benzene rings is 2. The number of carbonyl (C=O) groups excluding carboxylic acids is 2. The van der Waals surface area contributed by atoms with Crippen LogP contribution in [0.15, 0.2) is 131 Å². The largest absolute Gasteiger partial charge is 0.273 e. The molecule has 0 radical (unpaired) electrons. The Bertz CT molecular complexity index is 1170. The molecule has 4 heteroatoms. The number of amides is 2. The van der Waals surface area contributed by atoms with Crippen LogP contribution >= 0.6 is 0 Å². The molecule has 0 saturated heterocycles. The summed E-state index contributed by atoms with van der Waals surface area (Å²) in [5, 5.41) is 0. The number of nitrogens with zero attached hydrogens (tertiary/aromatic N) is 2. The van der Waals surface area contributed by atoms with Crippen LogP contribution in [0, 0.1) is 11.8 Å². The van der Waals surface area contributed by atoms with E-state index in [1.165, 1.54) is 13.8 Å². The molecule has 0 bridgehead atoms. The summed E-state index contributed by atoms with van der Waals surface area (Å²) in [6, 6.07) is 20.2. The zero-order valence-corrected chi connectivity index (χ0v) is 20.6. The molecule has 2 amide bonds. The summed E-state index contributed by atoms with van der Waals surface area (Å²) in [6.45, 7) is 2.94. The van der Waals surface area contributed by atoms with Crippen LogP contribution in [0.4, 0.5) is 0 Å². The van der Waals surface area contributed by atoms with Crippen molar-refractivity contribution in [2.24, 2.45) is 21.8 Å². The molecule has 36 heavy (non-hydrogen) atoms. The summed E-state index contributed by atoms with van der Waals surface area (Å²) in [7, 11) is 0. The standard InChI is InChI=1S/2C16H15NO/c2*1-13(18)17-16-10-6-5-9-15(16)12-11-14-7-3-2-4-8-14/h2*2-12,15H,1H3. The fraction of sp³-hybridized carbons (Fsp3) is 0.125. The lowest BCUT2D eigenvalue weighted by molar-refractivity contribution is -0.116. The van der Waals surface area contributed by atoms with E-state index in [2.05, 4.69) is 22.1 Å². The van der Waals surface area contributed by atoms with Crippen LogP contribution in [-0.4, -0.2) is 23.2 Å². The molecule has 0 fully saturated rings. The van der Waals surface area contributed by atoms with Crippen LogP contribution < -0.4 is 0 Å². The first-order chi connectivity index (χ1) is 17.5. The minimum atomic E-state index is -0.164. The summed E-state index contributed by atoms with van der Waals surface area (Å²) in [4.78, 5) is 30.2. The van der Waals surface area contributed by atoms with Gasteiger partial charge in [0, 0.05) is 25.7 Å². The van der Waals surface area contributed by atoms with Gasteiger partial charge < -0.3 is 0 Å². The van der Waals surface area contributed by atoms with Gasteiger partial charge in [-0.05, 0) is 23.3 Å². The Kier molecular flexibility index (Phi) is 10.2. The molecule has 2 aromatic rings. The highest BCUT2D eigenvalue weighted by atomic mass is 16.1. The van der Waals surface area contributed by atoms with Crippen molar-refractivity contribution in [1.82, 2.24) is 0 Å². The van der Waals surface area contributed by atoms with Crippen molar-refractivity contribution in [1.29, 1.82) is 0 Å². The third kappa shape index (κ3) is 9.07. The molecule has 2 unspecified atom stereocenters. The summed E-state index contributed by atoms with van der Waals surface area (Å²) in [5.41, 5.74) is 3.86. The number of aliphatic imine (C=N–C) groups is 2. The Morgan fingerprint density at radius 3 is 1.36 bits per heavy atom. The molecule has 4 nitrogen and oxygen atoms in total. The maximum atomic E-state index is 11.1. The SMILES string of the molecule is CC(=O)N=C1C=CC=CC1C=Cc1ccccc1.CC(=O)N=C1C=CC=CC1C=Cc1ccccc1. The fourth-order valence-corrected chi connectivity index (χ4v) is 3.57. The highest BCUT2D eigenvalue weighted by Gasteiger charge is 2.11. The predicted molar refractivity (Wildman–Crippen MR) is 151 cm³/mol. The molecule has 0 spiro atoms. The van der Waals surface area contributed by atoms with Gasteiger partial charge >= 0.3 is 0 Å². The number of allylic oxidation sites excluding steroid dienone is 10. The molecule has 0 aliphatic heterocycles. The first-order valence-electron chi connectivity index (χ1n) is 11.9. The molecular weight excluding hydrogens is 444 g/mol. The van der Waals surface area contributed by atoms with E-state index >= 15 is 0 Å². The normalized spacial score (nSPS) is 20.7. The molecule has 2 aliphatic rings. The van der Waals surface area contributed by atoms with Crippen LogP contribution in [-0.2, 0) is 9.59 Å². The Balaban J connectivity index is 0.000000201. The van der Waals surface area contributed by atoms with Gasteiger partial charge in [-0.25, -0.2) is 9.98 Å². The number of hydrogen-bond acceptors (Lipinski definition) is 2. The van der Waals surface area contributed by atoms with Gasteiger partial charge in [0.2, 0.25) is 11.8 Å². The first kappa shape index (κ1) is 26.2. The van der Waals surface area contributed by atoms with Gasteiger partial charge in [0.05, 0.1) is 11.4 Å². The summed E-state index contributed by atoms with van der Waals surface area (Å²) in [5.74, 6) is -0.190.